The van der Waals surface area contributed by atoms with Gasteiger partial charge in [0.2, 0.25) is 10.0 Å². The number of sulfonamides is 1. The van der Waals surface area contributed by atoms with Gasteiger partial charge in [-0.15, -0.1) is 11.3 Å². The minimum absolute atomic E-state index is 0.308. The number of para-hydroxylation sites is 1. The van der Waals surface area contributed by atoms with E-state index in [9.17, 15) is 8.42 Å². The second-order valence-corrected chi connectivity index (χ2v) is 8.44. The number of thiazole rings is 1. The van der Waals surface area contributed by atoms with E-state index in [0.29, 0.717) is 18.0 Å². The number of nitrogens with zero attached hydrogens (tertiary/aromatic N) is 2. The van der Waals surface area contributed by atoms with Crippen molar-refractivity contribution < 1.29 is 8.42 Å². The Morgan fingerprint density at radius 2 is 1.65 bits per heavy atom. The van der Waals surface area contributed by atoms with Gasteiger partial charge in [-0.1, -0.05) is 44.2 Å². The fourth-order valence-corrected chi connectivity index (χ4v) is 4.82. The smallest absolute Gasteiger partial charge is 0.243 e. The summed E-state index contributed by atoms with van der Waals surface area (Å²) < 4.78 is 26.6. The maximum atomic E-state index is 12.6. The highest BCUT2D eigenvalue weighted by Crippen LogP contribution is 2.28. The zero-order valence-corrected chi connectivity index (χ0v) is 16.3. The number of nitrogens with one attached hydrogen (secondary N) is 1. The van der Waals surface area contributed by atoms with Crippen LogP contribution in [-0.2, 0) is 10.0 Å². The quantitative estimate of drug-likeness (QED) is 0.644. The Kier molecular flexibility index (Phi) is 5.70. The molecule has 0 fully saturated rings. The van der Waals surface area contributed by atoms with Crippen molar-refractivity contribution in [2.24, 2.45) is 0 Å². The van der Waals surface area contributed by atoms with Gasteiger partial charge < -0.3 is 5.32 Å². The van der Waals surface area contributed by atoms with Crippen molar-refractivity contribution in [3.05, 3.63) is 60.0 Å². The summed E-state index contributed by atoms with van der Waals surface area (Å²) in [6, 6.07) is 16.8. The summed E-state index contributed by atoms with van der Waals surface area (Å²) in [5.74, 6) is 0. The van der Waals surface area contributed by atoms with Gasteiger partial charge in [0.05, 0.1) is 10.6 Å². The third-order valence-corrected chi connectivity index (χ3v) is 6.84. The van der Waals surface area contributed by atoms with Crippen molar-refractivity contribution in [1.29, 1.82) is 0 Å². The Morgan fingerprint density at radius 1 is 1.00 bits per heavy atom. The largest absolute Gasteiger partial charge is 0.332 e. The second kappa shape index (κ2) is 7.99. The van der Waals surface area contributed by atoms with Gasteiger partial charge in [-0.2, -0.15) is 4.31 Å². The summed E-state index contributed by atoms with van der Waals surface area (Å²) in [7, 11) is -3.43. The Balaban J connectivity index is 1.79. The number of hydrogen-bond acceptors (Lipinski definition) is 5. The van der Waals surface area contributed by atoms with Crippen molar-refractivity contribution >= 4 is 32.2 Å². The molecule has 0 aliphatic carbocycles. The molecule has 5 nitrogen and oxygen atoms in total. The number of anilines is 2. The molecule has 0 radical (unpaired) electrons. The molecule has 1 aromatic heterocycles. The van der Waals surface area contributed by atoms with Crippen LogP contribution in [0.15, 0.2) is 64.9 Å². The number of rotatable bonds is 7. The van der Waals surface area contributed by atoms with E-state index in [2.05, 4.69) is 10.3 Å². The van der Waals surface area contributed by atoms with Crippen LogP contribution in [0.4, 0.5) is 10.8 Å². The highest BCUT2D eigenvalue weighted by molar-refractivity contribution is 7.89. The molecule has 0 bridgehead atoms. The molecule has 0 amide bonds. The summed E-state index contributed by atoms with van der Waals surface area (Å²) in [5, 5.41) is 6.02. The fraction of sp³-hybridized carbons (Fsp3) is 0.211. The lowest BCUT2D eigenvalue weighted by Crippen LogP contribution is -2.30. The molecular formula is C19H21N3O2S2. The SMILES string of the molecule is CCN(CC)S(=O)(=O)c1ccc(-c2csc(Nc3ccccc3)n2)cc1. The highest BCUT2D eigenvalue weighted by Gasteiger charge is 2.21. The topological polar surface area (TPSA) is 62.3 Å². The summed E-state index contributed by atoms with van der Waals surface area (Å²) in [5.41, 5.74) is 2.69. The average Bonchev–Trinajstić information content (AvgIpc) is 3.12. The molecule has 0 unspecified atom stereocenters. The van der Waals surface area contributed by atoms with Gasteiger partial charge in [-0.3, -0.25) is 0 Å². The standard InChI is InChI=1S/C19H21N3O2S2/c1-3-22(4-2)26(23,24)17-12-10-15(11-13-17)18-14-25-19(21-18)20-16-8-6-5-7-9-16/h5-14H,3-4H2,1-2H3,(H,20,21). The Bertz CT molecular complexity index is 948. The minimum atomic E-state index is -3.43. The first kappa shape index (κ1) is 18.6. The fourth-order valence-electron chi connectivity index (χ4n) is 2.62. The van der Waals surface area contributed by atoms with Crippen LogP contribution in [0.25, 0.3) is 11.3 Å². The van der Waals surface area contributed by atoms with Crippen LogP contribution >= 0.6 is 11.3 Å². The van der Waals surface area contributed by atoms with Crippen molar-refractivity contribution in [1.82, 2.24) is 9.29 Å². The van der Waals surface area contributed by atoms with Crippen molar-refractivity contribution in [2.75, 3.05) is 18.4 Å². The summed E-state index contributed by atoms with van der Waals surface area (Å²) in [6.07, 6.45) is 0. The first-order valence-electron chi connectivity index (χ1n) is 8.42. The Labute approximate surface area is 158 Å². The monoisotopic (exact) mass is 387 g/mol. The average molecular weight is 388 g/mol. The van der Waals surface area contributed by atoms with Crippen LogP contribution in [0.1, 0.15) is 13.8 Å². The molecule has 0 spiro atoms. The molecule has 0 saturated carbocycles. The normalized spacial score (nSPS) is 11.7. The first-order valence-corrected chi connectivity index (χ1v) is 10.7. The molecule has 136 valence electrons. The van der Waals surface area contributed by atoms with Gasteiger partial charge in [-0.25, -0.2) is 13.4 Å². The molecule has 1 heterocycles. The lowest BCUT2D eigenvalue weighted by Gasteiger charge is -2.18. The molecule has 3 aromatic rings. The van der Waals surface area contributed by atoms with Gasteiger partial charge in [0.25, 0.3) is 0 Å². The third-order valence-electron chi connectivity index (χ3n) is 4.02. The van der Waals surface area contributed by atoms with Crippen LogP contribution in [0, 0.1) is 0 Å². The zero-order valence-electron chi connectivity index (χ0n) is 14.7. The lowest BCUT2D eigenvalue weighted by molar-refractivity contribution is 0.445. The van der Waals surface area contributed by atoms with Crippen LogP contribution in [0.3, 0.4) is 0 Å². The second-order valence-electron chi connectivity index (χ2n) is 5.64. The van der Waals surface area contributed by atoms with Crippen LogP contribution in [-0.4, -0.2) is 30.8 Å². The van der Waals surface area contributed by atoms with E-state index < -0.39 is 10.0 Å². The Hall–Kier alpha value is -2.22. The molecule has 0 atom stereocenters. The van der Waals surface area contributed by atoms with Gasteiger partial charge in [0.15, 0.2) is 5.13 Å². The van der Waals surface area contributed by atoms with Crippen LogP contribution in [0.5, 0.6) is 0 Å². The van der Waals surface area contributed by atoms with Gasteiger partial charge in [0.1, 0.15) is 0 Å². The predicted octanol–water partition coefficient (Wildman–Crippen LogP) is 4.58. The van der Waals surface area contributed by atoms with Crippen molar-refractivity contribution in [3.8, 4) is 11.3 Å². The lowest BCUT2D eigenvalue weighted by atomic mass is 10.2. The third kappa shape index (κ3) is 3.95. The molecular weight excluding hydrogens is 366 g/mol. The zero-order chi connectivity index (χ0) is 18.6. The van der Waals surface area contributed by atoms with E-state index in [1.54, 1.807) is 24.3 Å². The van der Waals surface area contributed by atoms with E-state index in [-0.39, 0.29) is 0 Å². The molecule has 2 aromatic carbocycles. The maximum absolute atomic E-state index is 12.6. The maximum Gasteiger partial charge on any atom is 0.243 e. The molecule has 1 N–H and O–H groups in total. The molecule has 0 aliphatic heterocycles. The Morgan fingerprint density at radius 3 is 2.27 bits per heavy atom. The molecule has 0 aliphatic rings. The van der Waals surface area contributed by atoms with Crippen LogP contribution in [0.2, 0.25) is 0 Å². The van der Waals surface area contributed by atoms with E-state index in [0.717, 1.165) is 22.1 Å². The minimum Gasteiger partial charge on any atom is -0.332 e. The van der Waals surface area contributed by atoms with E-state index >= 15 is 0 Å². The van der Waals surface area contributed by atoms with Crippen LogP contribution < -0.4 is 5.32 Å². The number of aromatic nitrogens is 1. The van der Waals surface area contributed by atoms with Crippen molar-refractivity contribution in [3.63, 3.8) is 0 Å². The molecule has 7 heteroatoms. The van der Waals surface area contributed by atoms with Gasteiger partial charge in [-0.05, 0) is 24.3 Å². The summed E-state index contributed by atoms with van der Waals surface area (Å²) in [6.45, 7) is 4.60. The molecule has 0 saturated heterocycles. The van der Waals surface area contributed by atoms with E-state index in [1.165, 1.54) is 15.6 Å². The summed E-state index contributed by atoms with van der Waals surface area (Å²) >= 11 is 1.51. The predicted molar refractivity (Wildman–Crippen MR) is 107 cm³/mol. The van der Waals surface area contributed by atoms with E-state index in [4.69, 9.17) is 0 Å². The van der Waals surface area contributed by atoms with Crippen molar-refractivity contribution in [2.45, 2.75) is 18.7 Å². The summed E-state index contributed by atoms with van der Waals surface area (Å²) in [4.78, 5) is 4.89. The van der Waals surface area contributed by atoms with Gasteiger partial charge in [0, 0.05) is 29.7 Å². The van der Waals surface area contributed by atoms with Gasteiger partial charge >= 0.3 is 0 Å². The number of benzene rings is 2. The first-order chi connectivity index (χ1) is 12.5. The van der Waals surface area contributed by atoms with E-state index in [1.807, 2.05) is 49.6 Å². The highest BCUT2D eigenvalue weighted by atomic mass is 32.2. The molecule has 26 heavy (non-hydrogen) atoms. The number of hydrogen-bond donors (Lipinski definition) is 1. The molecule has 3 rings (SSSR count).